The van der Waals surface area contributed by atoms with Crippen LogP contribution < -0.4 is 5.56 Å². The number of hydrogen-bond donors (Lipinski definition) is 0. The number of carbonyl (C=O) groups is 1. The molecule has 3 aromatic rings. The molecule has 1 aliphatic carbocycles. The van der Waals surface area contributed by atoms with Crippen molar-refractivity contribution in [2.45, 2.75) is 58.9 Å². The van der Waals surface area contributed by atoms with Crippen LogP contribution in [0, 0.1) is 11.8 Å². The molecule has 6 heteroatoms. The molecule has 1 aromatic heterocycles. The number of aromatic nitrogens is 2. The van der Waals surface area contributed by atoms with E-state index in [0.29, 0.717) is 39.9 Å². The van der Waals surface area contributed by atoms with Crippen molar-refractivity contribution in [1.82, 2.24) is 14.5 Å². The van der Waals surface area contributed by atoms with E-state index in [1.165, 1.54) is 0 Å². The summed E-state index contributed by atoms with van der Waals surface area (Å²) >= 11 is 6.12. The summed E-state index contributed by atoms with van der Waals surface area (Å²) in [6.07, 6.45) is 5.00. The highest BCUT2D eigenvalue weighted by Crippen LogP contribution is 2.31. The topological polar surface area (TPSA) is 55.2 Å². The van der Waals surface area contributed by atoms with Gasteiger partial charge in [0.05, 0.1) is 22.6 Å². The second-order valence-electron chi connectivity index (χ2n) is 9.48. The molecule has 1 amide bonds. The van der Waals surface area contributed by atoms with Crippen LogP contribution in [0.5, 0.6) is 0 Å². The lowest BCUT2D eigenvalue weighted by Crippen LogP contribution is -2.41. The zero-order valence-corrected chi connectivity index (χ0v) is 20.4. The molecular weight excluding hydrogens is 434 g/mol. The zero-order chi connectivity index (χ0) is 23.5. The van der Waals surface area contributed by atoms with Gasteiger partial charge in [-0.15, -0.1) is 0 Å². The van der Waals surface area contributed by atoms with E-state index in [0.717, 1.165) is 32.1 Å². The average molecular weight is 466 g/mol. The molecule has 1 unspecified atom stereocenters. The van der Waals surface area contributed by atoms with Gasteiger partial charge in [0.25, 0.3) is 5.56 Å². The van der Waals surface area contributed by atoms with Crippen molar-refractivity contribution in [3.8, 4) is 5.69 Å². The molecule has 1 fully saturated rings. The summed E-state index contributed by atoms with van der Waals surface area (Å²) in [5, 5.41) is 1.16. The van der Waals surface area contributed by atoms with Gasteiger partial charge in [-0.25, -0.2) is 4.98 Å². The summed E-state index contributed by atoms with van der Waals surface area (Å²) in [7, 11) is 0. The van der Waals surface area contributed by atoms with Gasteiger partial charge in [-0.05, 0) is 68.5 Å². The Morgan fingerprint density at radius 1 is 1.09 bits per heavy atom. The van der Waals surface area contributed by atoms with Crippen LogP contribution in [0.25, 0.3) is 16.6 Å². The summed E-state index contributed by atoms with van der Waals surface area (Å²) in [6.45, 7) is 6.98. The van der Waals surface area contributed by atoms with Gasteiger partial charge in [0.1, 0.15) is 5.82 Å². The molecule has 0 bridgehead atoms. The second kappa shape index (κ2) is 10.1. The highest BCUT2D eigenvalue weighted by molar-refractivity contribution is 6.30. The average Bonchev–Trinajstić information content (AvgIpc) is 3.34. The van der Waals surface area contributed by atoms with Crippen LogP contribution in [0.4, 0.5) is 0 Å². The van der Waals surface area contributed by atoms with Gasteiger partial charge in [-0.2, -0.15) is 0 Å². The highest BCUT2D eigenvalue weighted by atomic mass is 35.5. The highest BCUT2D eigenvalue weighted by Gasteiger charge is 2.32. The van der Waals surface area contributed by atoms with E-state index in [4.69, 9.17) is 16.6 Å². The van der Waals surface area contributed by atoms with Crippen molar-refractivity contribution in [2.24, 2.45) is 11.8 Å². The Morgan fingerprint density at radius 2 is 1.76 bits per heavy atom. The number of fused-ring (bicyclic) bond motifs is 1. The molecule has 1 heterocycles. The fourth-order valence-electron chi connectivity index (χ4n) is 4.71. The molecule has 0 aliphatic heterocycles. The van der Waals surface area contributed by atoms with E-state index in [2.05, 4.69) is 13.8 Å². The summed E-state index contributed by atoms with van der Waals surface area (Å²) in [5.74, 6) is 1.30. The first-order valence-corrected chi connectivity index (χ1v) is 12.3. The first-order chi connectivity index (χ1) is 15.9. The lowest BCUT2D eigenvalue weighted by molar-refractivity contribution is -0.138. The largest absolute Gasteiger partial charge is 0.333 e. The Morgan fingerprint density at radius 3 is 2.42 bits per heavy atom. The Labute approximate surface area is 200 Å². The summed E-state index contributed by atoms with van der Waals surface area (Å²) < 4.78 is 1.65. The molecule has 0 spiro atoms. The zero-order valence-electron chi connectivity index (χ0n) is 19.6. The first-order valence-electron chi connectivity index (χ1n) is 11.9. The summed E-state index contributed by atoms with van der Waals surface area (Å²) in [4.78, 5) is 34.1. The van der Waals surface area contributed by atoms with Crippen LogP contribution in [-0.4, -0.2) is 26.9 Å². The molecule has 1 aliphatic rings. The maximum atomic E-state index is 13.6. The molecule has 1 saturated carbocycles. The normalized spacial score (nSPS) is 15.3. The molecule has 0 radical (unpaired) electrons. The van der Waals surface area contributed by atoms with E-state index >= 15 is 0 Å². The van der Waals surface area contributed by atoms with E-state index in [-0.39, 0.29) is 23.4 Å². The van der Waals surface area contributed by atoms with Crippen molar-refractivity contribution < 1.29 is 4.79 Å². The minimum absolute atomic E-state index is 0.0655. The number of halogens is 1. The molecular formula is C27H32ClN3O2. The molecule has 33 heavy (non-hydrogen) atoms. The number of nitrogens with zero attached hydrogens (tertiary/aromatic N) is 3. The standard InChI is InChI=1S/C27H32ClN3O2/c1-18(2)16-17-30(26(32)20-8-4-5-9-20)19(3)25-29-24-11-7-6-10-23(24)27(33)31(25)22-14-12-21(28)13-15-22/h6-7,10-15,18-20H,4-5,8-9,16-17H2,1-3H3. The van der Waals surface area contributed by atoms with Crippen LogP contribution in [0.15, 0.2) is 53.3 Å². The van der Waals surface area contributed by atoms with E-state index in [9.17, 15) is 9.59 Å². The number of amides is 1. The van der Waals surface area contributed by atoms with Crippen molar-refractivity contribution in [1.29, 1.82) is 0 Å². The van der Waals surface area contributed by atoms with Crippen LogP contribution >= 0.6 is 11.6 Å². The Bertz CT molecular complexity index is 1180. The maximum absolute atomic E-state index is 13.6. The monoisotopic (exact) mass is 465 g/mol. The first kappa shape index (κ1) is 23.5. The predicted molar refractivity (Wildman–Crippen MR) is 134 cm³/mol. The second-order valence-corrected chi connectivity index (χ2v) is 9.91. The van der Waals surface area contributed by atoms with Crippen molar-refractivity contribution in [3.05, 3.63) is 69.7 Å². The van der Waals surface area contributed by atoms with Crippen LogP contribution in [0.3, 0.4) is 0 Å². The third kappa shape index (κ3) is 4.98. The predicted octanol–water partition coefficient (Wildman–Crippen LogP) is 6.17. The van der Waals surface area contributed by atoms with Gasteiger partial charge < -0.3 is 4.90 Å². The smallest absolute Gasteiger partial charge is 0.266 e. The number of hydrogen-bond acceptors (Lipinski definition) is 3. The van der Waals surface area contributed by atoms with Crippen LogP contribution in [0.2, 0.25) is 5.02 Å². The number of benzene rings is 2. The number of carbonyl (C=O) groups excluding carboxylic acids is 1. The SMILES string of the molecule is CC(C)CCN(C(=O)C1CCCC1)C(C)c1nc2ccccc2c(=O)n1-c1ccc(Cl)cc1. The fourth-order valence-corrected chi connectivity index (χ4v) is 4.83. The molecule has 4 rings (SSSR count). The van der Waals surface area contributed by atoms with Gasteiger partial charge in [0.2, 0.25) is 5.91 Å². The fraction of sp³-hybridized carbons (Fsp3) is 0.444. The van der Waals surface area contributed by atoms with E-state index < -0.39 is 0 Å². The maximum Gasteiger partial charge on any atom is 0.266 e. The van der Waals surface area contributed by atoms with Crippen molar-refractivity contribution in [3.63, 3.8) is 0 Å². The van der Waals surface area contributed by atoms with E-state index in [1.54, 1.807) is 22.8 Å². The Balaban J connectivity index is 1.85. The minimum atomic E-state index is -0.343. The molecule has 174 valence electrons. The quantitative estimate of drug-likeness (QED) is 0.419. The van der Waals surface area contributed by atoms with Crippen LogP contribution in [0.1, 0.15) is 64.7 Å². The van der Waals surface area contributed by atoms with Crippen LogP contribution in [-0.2, 0) is 4.79 Å². The lowest BCUT2D eigenvalue weighted by Gasteiger charge is -2.33. The van der Waals surface area contributed by atoms with Gasteiger partial charge >= 0.3 is 0 Å². The lowest BCUT2D eigenvalue weighted by atomic mass is 10.0. The molecule has 0 N–H and O–H groups in total. The van der Waals surface area contributed by atoms with Crippen molar-refractivity contribution >= 4 is 28.4 Å². The molecule has 2 aromatic carbocycles. The third-order valence-electron chi connectivity index (χ3n) is 6.66. The van der Waals surface area contributed by atoms with Crippen molar-refractivity contribution in [2.75, 3.05) is 6.54 Å². The molecule has 1 atom stereocenters. The number of rotatable bonds is 7. The van der Waals surface area contributed by atoms with Gasteiger partial charge in [-0.1, -0.05) is 50.4 Å². The molecule has 0 saturated heterocycles. The van der Waals surface area contributed by atoms with Gasteiger partial charge in [0.15, 0.2) is 0 Å². The third-order valence-corrected chi connectivity index (χ3v) is 6.91. The van der Waals surface area contributed by atoms with Gasteiger partial charge in [-0.3, -0.25) is 14.2 Å². The Kier molecular flexibility index (Phi) is 7.18. The number of para-hydroxylation sites is 1. The Hall–Kier alpha value is -2.66. The van der Waals surface area contributed by atoms with Gasteiger partial charge in [0, 0.05) is 17.5 Å². The minimum Gasteiger partial charge on any atom is -0.333 e. The summed E-state index contributed by atoms with van der Waals surface area (Å²) in [6, 6.07) is 14.2. The molecule has 5 nitrogen and oxygen atoms in total. The van der Waals surface area contributed by atoms with E-state index in [1.807, 2.05) is 42.2 Å². The summed E-state index contributed by atoms with van der Waals surface area (Å²) in [5.41, 5.74) is 1.20.